The predicted molar refractivity (Wildman–Crippen MR) is 91.7 cm³/mol. The molecule has 2 aromatic rings. The second-order valence-corrected chi connectivity index (χ2v) is 5.56. The second kappa shape index (κ2) is 8.13. The molecule has 1 aromatic carbocycles. The SMILES string of the molecule is COc1ccc(NC(=O)Cn2cc(NC(=O)C(C)C)nn2)c(OC)c1. The first-order valence-electron chi connectivity index (χ1n) is 7.65. The third kappa shape index (κ3) is 4.93. The molecule has 0 atom stereocenters. The van der Waals surface area contributed by atoms with Crippen LogP contribution in [0.3, 0.4) is 0 Å². The third-order valence-corrected chi connectivity index (χ3v) is 3.30. The Labute approximate surface area is 145 Å². The van der Waals surface area contributed by atoms with Crippen molar-refractivity contribution < 1.29 is 19.1 Å². The van der Waals surface area contributed by atoms with E-state index in [0.717, 1.165) is 0 Å². The number of ether oxygens (including phenoxy) is 2. The van der Waals surface area contributed by atoms with Crippen LogP contribution in [-0.4, -0.2) is 41.0 Å². The van der Waals surface area contributed by atoms with E-state index in [4.69, 9.17) is 9.47 Å². The van der Waals surface area contributed by atoms with Gasteiger partial charge in [-0.25, -0.2) is 4.68 Å². The summed E-state index contributed by atoms with van der Waals surface area (Å²) < 4.78 is 11.7. The summed E-state index contributed by atoms with van der Waals surface area (Å²) in [7, 11) is 3.05. The number of anilines is 2. The highest BCUT2D eigenvalue weighted by molar-refractivity contribution is 5.92. The van der Waals surface area contributed by atoms with Gasteiger partial charge in [0, 0.05) is 12.0 Å². The molecule has 9 nitrogen and oxygen atoms in total. The molecule has 25 heavy (non-hydrogen) atoms. The van der Waals surface area contributed by atoms with Gasteiger partial charge in [-0.3, -0.25) is 9.59 Å². The molecule has 0 spiro atoms. The minimum atomic E-state index is -0.310. The van der Waals surface area contributed by atoms with Crippen LogP contribution in [0, 0.1) is 5.92 Å². The molecular formula is C16H21N5O4. The van der Waals surface area contributed by atoms with Crippen LogP contribution in [0.2, 0.25) is 0 Å². The van der Waals surface area contributed by atoms with Gasteiger partial charge in [0.15, 0.2) is 5.82 Å². The van der Waals surface area contributed by atoms with Crippen molar-refractivity contribution in [1.82, 2.24) is 15.0 Å². The Morgan fingerprint density at radius 1 is 1.20 bits per heavy atom. The average molecular weight is 347 g/mol. The molecular weight excluding hydrogens is 326 g/mol. The molecule has 0 fully saturated rings. The Bertz CT molecular complexity index is 757. The van der Waals surface area contributed by atoms with E-state index in [-0.39, 0.29) is 24.3 Å². The van der Waals surface area contributed by atoms with Crippen molar-refractivity contribution in [2.75, 3.05) is 24.9 Å². The Kier molecular flexibility index (Phi) is 5.93. The molecule has 0 aliphatic heterocycles. The summed E-state index contributed by atoms with van der Waals surface area (Å²) in [6.45, 7) is 3.49. The Balaban J connectivity index is 1.99. The van der Waals surface area contributed by atoms with E-state index in [2.05, 4.69) is 20.9 Å². The van der Waals surface area contributed by atoms with Crippen molar-refractivity contribution in [3.05, 3.63) is 24.4 Å². The van der Waals surface area contributed by atoms with Crippen LogP contribution in [0.1, 0.15) is 13.8 Å². The van der Waals surface area contributed by atoms with Gasteiger partial charge in [0.1, 0.15) is 18.0 Å². The maximum absolute atomic E-state index is 12.2. The number of carbonyl (C=O) groups excluding carboxylic acids is 2. The summed E-state index contributed by atoms with van der Waals surface area (Å²) >= 11 is 0. The summed E-state index contributed by atoms with van der Waals surface area (Å²) in [4.78, 5) is 23.8. The van der Waals surface area contributed by atoms with Crippen LogP contribution in [0.5, 0.6) is 11.5 Å². The fraction of sp³-hybridized carbons (Fsp3) is 0.375. The first-order valence-corrected chi connectivity index (χ1v) is 7.65. The zero-order chi connectivity index (χ0) is 18.4. The molecule has 2 N–H and O–H groups in total. The molecule has 9 heteroatoms. The zero-order valence-corrected chi connectivity index (χ0v) is 14.6. The van der Waals surface area contributed by atoms with Crippen molar-refractivity contribution in [1.29, 1.82) is 0 Å². The third-order valence-electron chi connectivity index (χ3n) is 3.30. The summed E-state index contributed by atoms with van der Waals surface area (Å²) in [6.07, 6.45) is 1.49. The number of benzene rings is 1. The normalized spacial score (nSPS) is 10.4. The predicted octanol–water partition coefficient (Wildman–Crippen LogP) is 1.53. The standard InChI is InChI=1S/C16H21N5O4/c1-10(2)16(23)18-14-8-21(20-19-14)9-15(22)17-12-6-5-11(24-3)7-13(12)25-4/h5-8,10H,9H2,1-4H3,(H,17,22)(H,18,23). The molecule has 134 valence electrons. The van der Waals surface area contributed by atoms with E-state index < -0.39 is 0 Å². The monoisotopic (exact) mass is 347 g/mol. The van der Waals surface area contributed by atoms with E-state index in [1.54, 1.807) is 39.2 Å². The van der Waals surface area contributed by atoms with Gasteiger partial charge in [0.2, 0.25) is 11.8 Å². The van der Waals surface area contributed by atoms with Crippen molar-refractivity contribution in [2.24, 2.45) is 5.92 Å². The van der Waals surface area contributed by atoms with Crippen LogP contribution in [0.4, 0.5) is 11.5 Å². The average Bonchev–Trinajstić information content (AvgIpc) is 3.01. The van der Waals surface area contributed by atoms with Crippen LogP contribution in [0.25, 0.3) is 0 Å². The molecule has 0 aliphatic carbocycles. The van der Waals surface area contributed by atoms with E-state index >= 15 is 0 Å². The summed E-state index contributed by atoms with van der Waals surface area (Å²) in [6, 6.07) is 5.07. The molecule has 1 heterocycles. The van der Waals surface area contributed by atoms with Crippen LogP contribution >= 0.6 is 0 Å². The molecule has 0 saturated heterocycles. The van der Waals surface area contributed by atoms with Crippen molar-refractivity contribution in [3.63, 3.8) is 0 Å². The molecule has 2 amide bonds. The number of amides is 2. The van der Waals surface area contributed by atoms with Crippen molar-refractivity contribution in [3.8, 4) is 11.5 Å². The first kappa shape index (κ1) is 18.2. The van der Waals surface area contributed by atoms with E-state index in [1.807, 2.05) is 0 Å². The van der Waals surface area contributed by atoms with Gasteiger partial charge in [-0.05, 0) is 12.1 Å². The minimum Gasteiger partial charge on any atom is -0.497 e. The van der Waals surface area contributed by atoms with E-state index in [1.165, 1.54) is 18.0 Å². The number of aromatic nitrogens is 3. The van der Waals surface area contributed by atoms with Crippen LogP contribution in [-0.2, 0) is 16.1 Å². The van der Waals surface area contributed by atoms with Crippen LogP contribution < -0.4 is 20.1 Å². The Morgan fingerprint density at radius 3 is 2.60 bits per heavy atom. The number of rotatable bonds is 7. The zero-order valence-electron chi connectivity index (χ0n) is 14.6. The van der Waals surface area contributed by atoms with Gasteiger partial charge >= 0.3 is 0 Å². The van der Waals surface area contributed by atoms with Gasteiger partial charge < -0.3 is 20.1 Å². The molecule has 0 aliphatic rings. The van der Waals surface area contributed by atoms with Crippen molar-refractivity contribution >= 4 is 23.3 Å². The number of nitrogens with one attached hydrogen (secondary N) is 2. The second-order valence-electron chi connectivity index (χ2n) is 5.56. The van der Waals surface area contributed by atoms with Crippen molar-refractivity contribution in [2.45, 2.75) is 20.4 Å². The lowest BCUT2D eigenvalue weighted by molar-refractivity contribution is -0.119. The molecule has 0 radical (unpaired) electrons. The lowest BCUT2D eigenvalue weighted by atomic mass is 10.2. The highest BCUT2D eigenvalue weighted by Gasteiger charge is 2.13. The number of nitrogens with zero attached hydrogens (tertiary/aromatic N) is 3. The topological polar surface area (TPSA) is 107 Å². The maximum Gasteiger partial charge on any atom is 0.246 e. The molecule has 0 saturated carbocycles. The molecule has 2 rings (SSSR count). The summed E-state index contributed by atoms with van der Waals surface area (Å²) in [5.41, 5.74) is 0.516. The lowest BCUT2D eigenvalue weighted by Crippen LogP contribution is -2.19. The smallest absolute Gasteiger partial charge is 0.246 e. The number of methoxy groups -OCH3 is 2. The largest absolute Gasteiger partial charge is 0.497 e. The van der Waals surface area contributed by atoms with Crippen LogP contribution in [0.15, 0.2) is 24.4 Å². The van der Waals surface area contributed by atoms with Gasteiger partial charge in [0.25, 0.3) is 0 Å². The number of hydrogen-bond acceptors (Lipinski definition) is 6. The highest BCUT2D eigenvalue weighted by atomic mass is 16.5. The number of carbonyl (C=O) groups is 2. The highest BCUT2D eigenvalue weighted by Crippen LogP contribution is 2.28. The molecule has 0 unspecified atom stereocenters. The lowest BCUT2D eigenvalue weighted by Gasteiger charge is -2.11. The molecule has 0 bridgehead atoms. The first-order chi connectivity index (χ1) is 11.9. The fourth-order valence-corrected chi connectivity index (χ4v) is 1.94. The maximum atomic E-state index is 12.2. The minimum absolute atomic E-state index is 0.0558. The Morgan fingerprint density at radius 2 is 1.96 bits per heavy atom. The van der Waals surface area contributed by atoms with Gasteiger partial charge in [-0.2, -0.15) is 0 Å². The van der Waals surface area contributed by atoms with E-state index in [0.29, 0.717) is 23.0 Å². The van der Waals surface area contributed by atoms with E-state index in [9.17, 15) is 9.59 Å². The fourth-order valence-electron chi connectivity index (χ4n) is 1.94. The quantitative estimate of drug-likeness (QED) is 0.786. The summed E-state index contributed by atoms with van der Waals surface area (Å²) in [5.74, 6) is 0.756. The summed E-state index contributed by atoms with van der Waals surface area (Å²) in [5, 5.41) is 13.0. The van der Waals surface area contributed by atoms with Gasteiger partial charge in [-0.15, -0.1) is 5.10 Å². The number of hydrogen-bond donors (Lipinski definition) is 2. The Hall–Kier alpha value is -3.10. The van der Waals surface area contributed by atoms with Gasteiger partial charge in [-0.1, -0.05) is 19.1 Å². The van der Waals surface area contributed by atoms with Gasteiger partial charge in [0.05, 0.1) is 26.1 Å². The molecule has 1 aromatic heterocycles.